The number of rotatable bonds is 3. The Hall–Kier alpha value is -2.34. The number of nitrogens with one attached hydrogen (secondary N) is 1. The summed E-state index contributed by atoms with van der Waals surface area (Å²) in [6, 6.07) is 4.97. The molecule has 0 bridgehead atoms. The highest BCUT2D eigenvalue weighted by molar-refractivity contribution is 6.01. The Morgan fingerprint density at radius 2 is 2.21 bits per heavy atom. The molecule has 6 heteroatoms. The van der Waals surface area contributed by atoms with Gasteiger partial charge in [-0.15, -0.1) is 0 Å². The highest BCUT2D eigenvalue weighted by atomic mass is 16.4. The van der Waals surface area contributed by atoms with Gasteiger partial charge in [0.25, 0.3) is 5.91 Å². The molecule has 1 heterocycles. The van der Waals surface area contributed by atoms with Crippen LogP contribution in [0.1, 0.15) is 15.9 Å². The number of benzene rings is 1. The van der Waals surface area contributed by atoms with E-state index < -0.39 is 17.1 Å². The molecule has 0 aliphatic carbocycles. The van der Waals surface area contributed by atoms with Crippen LogP contribution < -0.4 is 16.7 Å². The summed E-state index contributed by atoms with van der Waals surface area (Å²) in [5, 5.41) is 12.8. The van der Waals surface area contributed by atoms with Crippen molar-refractivity contribution in [3.8, 4) is 5.75 Å². The predicted molar refractivity (Wildman–Crippen MR) is 70.3 cm³/mol. The molecule has 6 nitrogen and oxygen atoms in total. The summed E-state index contributed by atoms with van der Waals surface area (Å²) < 4.78 is 5.02. The molecule has 100 valence electrons. The van der Waals surface area contributed by atoms with Gasteiger partial charge in [0.15, 0.2) is 5.56 Å². The Morgan fingerprint density at radius 1 is 1.47 bits per heavy atom. The molecule has 0 aliphatic rings. The van der Waals surface area contributed by atoms with E-state index in [1.165, 1.54) is 0 Å². The molecule has 2 rings (SSSR count). The third-order valence-electron chi connectivity index (χ3n) is 2.69. The second-order valence-electron chi connectivity index (χ2n) is 4.16. The maximum atomic E-state index is 11.8. The molecule has 2 aromatic rings. The van der Waals surface area contributed by atoms with Crippen LogP contribution in [0.15, 0.2) is 27.4 Å². The van der Waals surface area contributed by atoms with Crippen molar-refractivity contribution in [2.45, 2.75) is 6.92 Å². The first kappa shape index (κ1) is 13.1. The number of amides is 1. The summed E-state index contributed by atoms with van der Waals surface area (Å²) in [5.41, 5.74) is 5.11. The molecule has 1 aromatic heterocycles. The van der Waals surface area contributed by atoms with Crippen LogP contribution in [0.2, 0.25) is 0 Å². The van der Waals surface area contributed by atoms with Gasteiger partial charge in [-0.05, 0) is 19.1 Å². The van der Waals surface area contributed by atoms with Crippen molar-refractivity contribution >= 4 is 16.9 Å². The van der Waals surface area contributed by atoms with Gasteiger partial charge in [-0.25, -0.2) is 4.79 Å². The lowest BCUT2D eigenvalue weighted by atomic mass is 10.1. The second kappa shape index (κ2) is 5.11. The fraction of sp³-hybridized carbons (Fsp3) is 0.231. The van der Waals surface area contributed by atoms with Gasteiger partial charge < -0.3 is 20.6 Å². The monoisotopic (exact) mass is 262 g/mol. The Kier molecular flexibility index (Phi) is 3.52. The Morgan fingerprint density at radius 3 is 2.89 bits per heavy atom. The summed E-state index contributed by atoms with van der Waals surface area (Å²) >= 11 is 0. The largest absolute Gasteiger partial charge is 0.506 e. The van der Waals surface area contributed by atoms with Crippen molar-refractivity contribution in [1.82, 2.24) is 5.32 Å². The highest BCUT2D eigenvalue weighted by Crippen LogP contribution is 2.26. The number of fused-ring (bicyclic) bond motifs is 1. The van der Waals surface area contributed by atoms with Crippen LogP contribution in [0.3, 0.4) is 0 Å². The number of carbonyl (C=O) groups is 1. The molecule has 0 fully saturated rings. The standard InChI is InChI=1S/C13H14N2O4/c1-7-2-3-9-8(6-7)11(16)10(13(18)19-9)12(17)15-5-4-14/h2-3,6,16H,4-5,14H2,1H3,(H,15,17). The quantitative estimate of drug-likeness (QED) is 0.698. The first-order valence-electron chi connectivity index (χ1n) is 5.79. The van der Waals surface area contributed by atoms with E-state index >= 15 is 0 Å². The second-order valence-corrected chi connectivity index (χ2v) is 4.16. The zero-order valence-corrected chi connectivity index (χ0v) is 10.4. The van der Waals surface area contributed by atoms with Gasteiger partial charge in [0.1, 0.15) is 11.3 Å². The molecular formula is C13H14N2O4. The SMILES string of the molecule is Cc1ccc2oc(=O)c(C(=O)NCCN)c(O)c2c1. The van der Waals surface area contributed by atoms with Gasteiger partial charge in [0.2, 0.25) is 0 Å². The third kappa shape index (κ3) is 2.43. The molecule has 0 unspecified atom stereocenters. The van der Waals surface area contributed by atoms with Gasteiger partial charge in [-0.3, -0.25) is 4.79 Å². The molecule has 0 radical (unpaired) electrons. The first-order valence-corrected chi connectivity index (χ1v) is 5.79. The van der Waals surface area contributed by atoms with E-state index in [1.807, 2.05) is 6.92 Å². The fourth-order valence-corrected chi connectivity index (χ4v) is 1.77. The molecule has 0 spiro atoms. The number of hydrogen-bond acceptors (Lipinski definition) is 5. The minimum atomic E-state index is -0.872. The van der Waals surface area contributed by atoms with E-state index in [0.29, 0.717) is 5.39 Å². The van der Waals surface area contributed by atoms with E-state index in [4.69, 9.17) is 10.2 Å². The van der Waals surface area contributed by atoms with Crippen LogP contribution in [0.25, 0.3) is 11.0 Å². The molecule has 0 atom stereocenters. The molecule has 4 N–H and O–H groups in total. The van der Waals surface area contributed by atoms with Gasteiger partial charge in [0, 0.05) is 13.1 Å². The highest BCUT2D eigenvalue weighted by Gasteiger charge is 2.20. The van der Waals surface area contributed by atoms with Gasteiger partial charge in [-0.1, -0.05) is 11.6 Å². The Labute approximate surface area is 108 Å². The molecule has 0 saturated heterocycles. The summed E-state index contributed by atoms with van der Waals surface area (Å²) in [6.07, 6.45) is 0. The average molecular weight is 262 g/mol. The van der Waals surface area contributed by atoms with Crippen molar-refractivity contribution in [3.63, 3.8) is 0 Å². The van der Waals surface area contributed by atoms with Crippen LogP contribution in [0.5, 0.6) is 5.75 Å². The maximum Gasteiger partial charge on any atom is 0.353 e. The summed E-state index contributed by atoms with van der Waals surface area (Å²) in [6.45, 7) is 2.28. The van der Waals surface area contributed by atoms with Crippen molar-refractivity contribution in [1.29, 1.82) is 0 Å². The van der Waals surface area contributed by atoms with E-state index in [2.05, 4.69) is 5.32 Å². The molecule has 1 aromatic carbocycles. The minimum absolute atomic E-state index is 0.212. The fourth-order valence-electron chi connectivity index (χ4n) is 1.77. The molecule has 0 saturated carbocycles. The number of hydrogen-bond donors (Lipinski definition) is 3. The zero-order chi connectivity index (χ0) is 14.0. The average Bonchev–Trinajstić information content (AvgIpc) is 2.37. The maximum absolute atomic E-state index is 11.8. The predicted octanol–water partition coefficient (Wildman–Crippen LogP) is 0.496. The molecule has 1 amide bonds. The summed E-state index contributed by atoms with van der Waals surface area (Å²) in [4.78, 5) is 23.5. The van der Waals surface area contributed by atoms with E-state index in [9.17, 15) is 14.7 Å². The lowest BCUT2D eigenvalue weighted by Crippen LogP contribution is -2.32. The van der Waals surface area contributed by atoms with Crippen molar-refractivity contribution < 1.29 is 14.3 Å². The molecule has 0 aliphatic heterocycles. The number of nitrogens with two attached hydrogens (primary N) is 1. The van der Waals surface area contributed by atoms with Gasteiger partial charge in [0.05, 0.1) is 5.39 Å². The molecular weight excluding hydrogens is 248 g/mol. The van der Waals surface area contributed by atoms with Crippen molar-refractivity contribution in [2.24, 2.45) is 5.73 Å². The Bertz CT molecular complexity index is 691. The summed E-state index contributed by atoms with van der Waals surface area (Å²) in [7, 11) is 0. The zero-order valence-electron chi connectivity index (χ0n) is 10.4. The van der Waals surface area contributed by atoms with E-state index in [0.717, 1.165) is 5.56 Å². The topological polar surface area (TPSA) is 106 Å². The van der Waals surface area contributed by atoms with Gasteiger partial charge >= 0.3 is 5.63 Å². The summed E-state index contributed by atoms with van der Waals surface area (Å²) in [5.74, 6) is -1.07. The van der Waals surface area contributed by atoms with E-state index in [-0.39, 0.29) is 24.4 Å². The normalized spacial score (nSPS) is 10.6. The van der Waals surface area contributed by atoms with Crippen LogP contribution in [0, 0.1) is 6.92 Å². The number of aromatic hydroxyl groups is 1. The third-order valence-corrected chi connectivity index (χ3v) is 2.69. The van der Waals surface area contributed by atoms with Crippen molar-refractivity contribution in [3.05, 3.63) is 39.7 Å². The van der Waals surface area contributed by atoms with E-state index in [1.54, 1.807) is 18.2 Å². The molecule has 19 heavy (non-hydrogen) atoms. The van der Waals surface area contributed by atoms with Gasteiger partial charge in [-0.2, -0.15) is 0 Å². The minimum Gasteiger partial charge on any atom is -0.506 e. The number of aryl methyl sites for hydroxylation is 1. The van der Waals surface area contributed by atoms with Crippen LogP contribution >= 0.6 is 0 Å². The Balaban J connectivity index is 2.61. The van der Waals surface area contributed by atoms with Crippen LogP contribution in [-0.2, 0) is 0 Å². The number of carbonyl (C=O) groups excluding carboxylic acids is 1. The van der Waals surface area contributed by atoms with Crippen LogP contribution in [-0.4, -0.2) is 24.1 Å². The lowest BCUT2D eigenvalue weighted by molar-refractivity contribution is 0.0948. The van der Waals surface area contributed by atoms with Crippen LogP contribution in [0.4, 0.5) is 0 Å². The lowest BCUT2D eigenvalue weighted by Gasteiger charge is -2.07. The smallest absolute Gasteiger partial charge is 0.353 e. The van der Waals surface area contributed by atoms with Crippen molar-refractivity contribution in [2.75, 3.05) is 13.1 Å². The first-order chi connectivity index (χ1) is 9.04.